The molecular formula is C24H23N3O5S. The number of anilines is 2. The molecule has 33 heavy (non-hydrogen) atoms. The molecule has 3 aromatic carbocycles. The van der Waals surface area contributed by atoms with Crippen LogP contribution in [-0.2, 0) is 4.79 Å². The first kappa shape index (κ1) is 23.7. The van der Waals surface area contributed by atoms with E-state index in [-0.39, 0.29) is 23.1 Å². The van der Waals surface area contributed by atoms with E-state index in [2.05, 4.69) is 10.6 Å². The molecule has 0 spiro atoms. The van der Waals surface area contributed by atoms with Crippen molar-refractivity contribution in [1.29, 1.82) is 0 Å². The molecule has 3 aromatic rings. The molecule has 0 aliphatic rings. The van der Waals surface area contributed by atoms with Gasteiger partial charge in [-0.3, -0.25) is 14.4 Å². The van der Waals surface area contributed by atoms with Crippen molar-refractivity contribution in [2.75, 3.05) is 30.6 Å². The number of benzene rings is 3. The van der Waals surface area contributed by atoms with E-state index >= 15 is 0 Å². The second-order valence-corrected chi connectivity index (χ2v) is 7.81. The van der Waals surface area contributed by atoms with Crippen LogP contribution >= 0.6 is 11.8 Å². The highest BCUT2D eigenvalue weighted by Crippen LogP contribution is 2.29. The molecule has 0 aliphatic carbocycles. The molecule has 0 bridgehead atoms. The van der Waals surface area contributed by atoms with Crippen molar-refractivity contribution < 1.29 is 23.9 Å². The van der Waals surface area contributed by atoms with Gasteiger partial charge in [-0.1, -0.05) is 18.2 Å². The number of nitrogens with two attached hydrogens (primary N) is 1. The van der Waals surface area contributed by atoms with Crippen LogP contribution in [0.3, 0.4) is 0 Å². The number of carbonyl (C=O) groups is 3. The summed E-state index contributed by atoms with van der Waals surface area (Å²) in [7, 11) is 2.97. The highest BCUT2D eigenvalue weighted by atomic mass is 32.2. The van der Waals surface area contributed by atoms with Gasteiger partial charge < -0.3 is 25.8 Å². The first-order valence-electron chi connectivity index (χ1n) is 9.86. The van der Waals surface area contributed by atoms with Crippen molar-refractivity contribution in [2.45, 2.75) is 4.90 Å². The Kier molecular flexibility index (Phi) is 7.93. The Labute approximate surface area is 195 Å². The smallest absolute Gasteiger partial charge is 0.263 e. The van der Waals surface area contributed by atoms with Gasteiger partial charge in [0.2, 0.25) is 5.91 Å². The predicted molar refractivity (Wildman–Crippen MR) is 128 cm³/mol. The molecule has 0 saturated carbocycles. The van der Waals surface area contributed by atoms with Crippen molar-refractivity contribution in [3.8, 4) is 11.5 Å². The average Bonchev–Trinajstić information content (AvgIpc) is 2.83. The number of nitrogens with one attached hydrogen (secondary N) is 2. The Bertz CT molecular complexity index is 1140. The summed E-state index contributed by atoms with van der Waals surface area (Å²) < 4.78 is 10.6. The fourth-order valence-electron chi connectivity index (χ4n) is 3.05. The van der Waals surface area contributed by atoms with Gasteiger partial charge in [-0.2, -0.15) is 0 Å². The van der Waals surface area contributed by atoms with Crippen LogP contribution in [0.25, 0.3) is 0 Å². The maximum atomic E-state index is 12.8. The first-order valence-corrected chi connectivity index (χ1v) is 10.9. The third kappa shape index (κ3) is 6.05. The summed E-state index contributed by atoms with van der Waals surface area (Å²) in [6.45, 7) is 0. The molecule has 0 saturated heterocycles. The molecule has 170 valence electrons. The van der Waals surface area contributed by atoms with Gasteiger partial charge in [-0.05, 0) is 48.5 Å². The minimum Gasteiger partial charge on any atom is -0.496 e. The minimum atomic E-state index is -0.609. The summed E-state index contributed by atoms with van der Waals surface area (Å²) in [5, 5.41) is 5.52. The standard InChI is InChI=1S/C24H23N3O5S/c1-31-19-8-5-9-20(32-2)22(19)24(30)26-15-10-12-16(13-11-15)33-14-21(28)27-18-7-4-3-6-17(18)23(25)29/h3-13H,14H2,1-2H3,(H2,25,29)(H,26,30)(H,27,28). The van der Waals surface area contributed by atoms with E-state index in [0.29, 0.717) is 28.4 Å². The van der Waals surface area contributed by atoms with Gasteiger partial charge in [-0.25, -0.2) is 0 Å². The van der Waals surface area contributed by atoms with Gasteiger partial charge >= 0.3 is 0 Å². The molecule has 0 radical (unpaired) electrons. The van der Waals surface area contributed by atoms with Gasteiger partial charge in [-0.15, -0.1) is 11.8 Å². The number of methoxy groups -OCH3 is 2. The zero-order valence-corrected chi connectivity index (χ0v) is 18.9. The van der Waals surface area contributed by atoms with Gasteiger partial charge in [0, 0.05) is 10.6 Å². The van der Waals surface area contributed by atoms with Gasteiger partial charge in [0.25, 0.3) is 11.8 Å². The summed E-state index contributed by atoms with van der Waals surface area (Å²) >= 11 is 1.32. The number of amides is 3. The maximum Gasteiger partial charge on any atom is 0.263 e. The molecule has 0 atom stereocenters. The van der Waals surface area contributed by atoms with Crippen molar-refractivity contribution in [1.82, 2.24) is 0 Å². The van der Waals surface area contributed by atoms with E-state index < -0.39 is 5.91 Å². The number of hydrogen-bond donors (Lipinski definition) is 3. The highest BCUT2D eigenvalue weighted by Gasteiger charge is 2.18. The zero-order valence-electron chi connectivity index (χ0n) is 18.1. The largest absolute Gasteiger partial charge is 0.496 e. The van der Waals surface area contributed by atoms with Crippen LogP contribution in [0.4, 0.5) is 11.4 Å². The normalized spacial score (nSPS) is 10.2. The van der Waals surface area contributed by atoms with Crippen LogP contribution in [0.15, 0.2) is 71.6 Å². The van der Waals surface area contributed by atoms with Crippen LogP contribution in [0.5, 0.6) is 11.5 Å². The van der Waals surface area contributed by atoms with E-state index in [1.165, 1.54) is 26.0 Å². The lowest BCUT2D eigenvalue weighted by Crippen LogP contribution is -2.19. The molecule has 9 heteroatoms. The molecule has 0 unspecified atom stereocenters. The van der Waals surface area contributed by atoms with Crippen LogP contribution < -0.4 is 25.8 Å². The number of rotatable bonds is 9. The number of ether oxygens (including phenoxy) is 2. The molecule has 3 rings (SSSR count). The lowest BCUT2D eigenvalue weighted by molar-refractivity contribution is -0.113. The van der Waals surface area contributed by atoms with E-state index in [1.807, 2.05) is 0 Å². The Morgan fingerprint density at radius 1 is 0.848 bits per heavy atom. The fourth-order valence-corrected chi connectivity index (χ4v) is 3.74. The molecule has 0 aromatic heterocycles. The summed E-state index contributed by atoms with van der Waals surface area (Å²) in [5.74, 6) is -0.295. The predicted octanol–water partition coefficient (Wildman–Crippen LogP) is 3.79. The van der Waals surface area contributed by atoms with Crippen molar-refractivity contribution in [3.63, 3.8) is 0 Å². The van der Waals surface area contributed by atoms with Gasteiger partial charge in [0.1, 0.15) is 17.1 Å². The molecule has 3 amide bonds. The van der Waals surface area contributed by atoms with Gasteiger partial charge in [0.05, 0.1) is 31.2 Å². The maximum absolute atomic E-state index is 12.8. The van der Waals surface area contributed by atoms with Crippen LogP contribution in [0, 0.1) is 0 Å². The molecule has 8 nitrogen and oxygen atoms in total. The first-order chi connectivity index (χ1) is 15.9. The summed E-state index contributed by atoms with van der Waals surface area (Å²) in [6.07, 6.45) is 0. The lowest BCUT2D eigenvalue weighted by Gasteiger charge is -2.13. The lowest BCUT2D eigenvalue weighted by atomic mass is 10.1. The van der Waals surface area contributed by atoms with E-state index in [0.717, 1.165) is 4.90 Å². The average molecular weight is 466 g/mol. The molecule has 0 heterocycles. The summed E-state index contributed by atoms with van der Waals surface area (Å²) in [5.41, 5.74) is 6.84. The van der Waals surface area contributed by atoms with Crippen molar-refractivity contribution in [3.05, 3.63) is 77.9 Å². The van der Waals surface area contributed by atoms with Crippen LogP contribution in [-0.4, -0.2) is 37.7 Å². The Morgan fingerprint density at radius 2 is 1.48 bits per heavy atom. The Morgan fingerprint density at radius 3 is 2.09 bits per heavy atom. The third-order valence-corrected chi connectivity index (χ3v) is 5.62. The number of hydrogen-bond acceptors (Lipinski definition) is 6. The quantitative estimate of drug-likeness (QED) is 0.414. The molecular weight excluding hydrogens is 442 g/mol. The number of para-hydroxylation sites is 1. The SMILES string of the molecule is COc1cccc(OC)c1C(=O)Nc1ccc(SCC(=O)Nc2ccccc2C(N)=O)cc1. The number of primary amides is 1. The monoisotopic (exact) mass is 465 g/mol. The van der Waals surface area contributed by atoms with Crippen molar-refractivity contribution >= 4 is 40.9 Å². The van der Waals surface area contributed by atoms with Crippen molar-refractivity contribution in [2.24, 2.45) is 5.73 Å². The second-order valence-electron chi connectivity index (χ2n) is 6.76. The van der Waals surface area contributed by atoms with Crippen LogP contribution in [0.1, 0.15) is 20.7 Å². The van der Waals surface area contributed by atoms with Gasteiger partial charge in [0.15, 0.2) is 0 Å². The minimum absolute atomic E-state index is 0.136. The van der Waals surface area contributed by atoms with E-state index in [9.17, 15) is 14.4 Å². The zero-order chi connectivity index (χ0) is 23.8. The topological polar surface area (TPSA) is 120 Å². The molecule has 0 fully saturated rings. The summed E-state index contributed by atoms with van der Waals surface area (Å²) in [6, 6.07) is 18.7. The Balaban J connectivity index is 1.60. The highest BCUT2D eigenvalue weighted by molar-refractivity contribution is 8.00. The number of thioether (sulfide) groups is 1. The van der Waals surface area contributed by atoms with E-state index in [4.69, 9.17) is 15.2 Å². The number of carbonyl (C=O) groups excluding carboxylic acids is 3. The fraction of sp³-hybridized carbons (Fsp3) is 0.125. The molecule has 0 aliphatic heterocycles. The molecule has 4 N–H and O–H groups in total. The van der Waals surface area contributed by atoms with E-state index in [1.54, 1.807) is 66.7 Å². The van der Waals surface area contributed by atoms with Crippen LogP contribution in [0.2, 0.25) is 0 Å². The second kappa shape index (κ2) is 11.1. The summed E-state index contributed by atoms with van der Waals surface area (Å²) in [4.78, 5) is 37.4. The Hall–Kier alpha value is -3.98. The third-order valence-electron chi connectivity index (χ3n) is 4.60.